The molecule has 0 saturated carbocycles. The summed E-state index contributed by atoms with van der Waals surface area (Å²) in [6.45, 7) is -0.169. The van der Waals surface area contributed by atoms with Gasteiger partial charge in [0.2, 0.25) is 0 Å². The van der Waals surface area contributed by atoms with Crippen molar-refractivity contribution in [3.63, 3.8) is 0 Å². The van der Waals surface area contributed by atoms with Gasteiger partial charge in [0.05, 0.1) is 5.69 Å². The molecule has 1 heterocycles. The van der Waals surface area contributed by atoms with Gasteiger partial charge in [0.1, 0.15) is 5.75 Å². The van der Waals surface area contributed by atoms with Gasteiger partial charge in [0, 0.05) is 19.0 Å². The quantitative estimate of drug-likeness (QED) is 0.891. The number of likely N-dealkylation sites (N-methyl/N-ethyl adjacent to an activating group) is 1. The molecule has 1 aromatic rings. The van der Waals surface area contributed by atoms with Crippen molar-refractivity contribution in [2.75, 3.05) is 25.1 Å². The van der Waals surface area contributed by atoms with Gasteiger partial charge in [-0.1, -0.05) is 0 Å². The van der Waals surface area contributed by atoms with Crippen molar-refractivity contribution in [1.82, 2.24) is 0 Å². The molecule has 0 aliphatic carbocycles. The van der Waals surface area contributed by atoms with Gasteiger partial charge in [-0.2, -0.15) is 0 Å². The molecule has 1 aromatic carbocycles. The molecule has 0 bridgehead atoms. The second-order valence-corrected chi connectivity index (χ2v) is 4.17. The predicted molar refractivity (Wildman–Crippen MR) is 62.9 cm³/mol. The van der Waals surface area contributed by atoms with E-state index < -0.39 is 12.3 Å². The van der Waals surface area contributed by atoms with E-state index in [0.29, 0.717) is 11.4 Å². The highest BCUT2D eigenvalue weighted by atomic mass is 19.3. The fraction of sp³-hybridized carbons (Fsp3) is 0.417. The number of ether oxygens (including phenoxy) is 1. The molecule has 18 heavy (non-hydrogen) atoms. The zero-order chi connectivity index (χ0) is 13.3. The van der Waals surface area contributed by atoms with E-state index in [4.69, 9.17) is 10.5 Å². The summed E-state index contributed by atoms with van der Waals surface area (Å²) in [4.78, 5) is 12.8. The molecule has 1 amide bonds. The molecule has 0 spiro atoms. The van der Waals surface area contributed by atoms with Crippen LogP contribution in [0.1, 0.15) is 12.0 Å². The van der Waals surface area contributed by atoms with E-state index in [1.807, 2.05) is 0 Å². The van der Waals surface area contributed by atoms with Crippen LogP contribution in [-0.4, -0.2) is 26.1 Å². The lowest BCUT2D eigenvalue weighted by Crippen LogP contribution is -2.35. The molecule has 0 saturated heterocycles. The summed E-state index contributed by atoms with van der Waals surface area (Å²) >= 11 is 0. The van der Waals surface area contributed by atoms with E-state index in [0.717, 1.165) is 0 Å². The van der Waals surface area contributed by atoms with E-state index in [2.05, 4.69) is 0 Å². The van der Waals surface area contributed by atoms with Crippen LogP contribution in [0, 0.1) is 0 Å². The van der Waals surface area contributed by atoms with Crippen LogP contribution < -0.4 is 15.4 Å². The van der Waals surface area contributed by atoms with Gasteiger partial charge in [-0.25, -0.2) is 8.78 Å². The first-order valence-corrected chi connectivity index (χ1v) is 5.57. The Hall–Kier alpha value is -1.69. The normalized spacial score (nSPS) is 15.3. The number of hydrogen-bond acceptors (Lipinski definition) is 3. The van der Waals surface area contributed by atoms with Crippen molar-refractivity contribution in [3.8, 4) is 5.75 Å². The number of nitrogens with two attached hydrogens (primary N) is 1. The minimum Gasteiger partial charge on any atom is -0.482 e. The van der Waals surface area contributed by atoms with Gasteiger partial charge in [-0.3, -0.25) is 4.79 Å². The molecule has 2 rings (SSSR count). The highest BCUT2D eigenvalue weighted by Crippen LogP contribution is 2.38. The Morgan fingerprint density at radius 2 is 2.22 bits per heavy atom. The number of rotatable bonds is 3. The third kappa shape index (κ3) is 2.15. The van der Waals surface area contributed by atoms with Crippen LogP contribution in [0.15, 0.2) is 18.2 Å². The molecule has 98 valence electrons. The summed E-state index contributed by atoms with van der Waals surface area (Å²) in [5.74, 6) is -2.82. The Balaban J connectivity index is 2.40. The van der Waals surface area contributed by atoms with E-state index in [1.165, 1.54) is 30.1 Å². The number of amides is 1. The lowest BCUT2D eigenvalue weighted by Gasteiger charge is -2.27. The predicted octanol–water partition coefficient (Wildman–Crippen LogP) is 1.48. The zero-order valence-electron chi connectivity index (χ0n) is 9.95. The molecule has 2 N–H and O–H groups in total. The Morgan fingerprint density at radius 3 is 2.89 bits per heavy atom. The first-order chi connectivity index (χ1) is 8.45. The number of benzene rings is 1. The number of alkyl halides is 2. The number of halogens is 2. The van der Waals surface area contributed by atoms with E-state index in [-0.39, 0.29) is 24.6 Å². The van der Waals surface area contributed by atoms with Crippen molar-refractivity contribution in [2.24, 2.45) is 5.73 Å². The van der Waals surface area contributed by atoms with Crippen LogP contribution in [0.25, 0.3) is 0 Å². The third-order valence-electron chi connectivity index (χ3n) is 2.93. The molecule has 1 aliphatic rings. The minimum atomic E-state index is -2.99. The average molecular weight is 256 g/mol. The molecule has 0 aromatic heterocycles. The lowest BCUT2D eigenvalue weighted by molar-refractivity contribution is -0.121. The van der Waals surface area contributed by atoms with Crippen molar-refractivity contribution in [1.29, 1.82) is 0 Å². The van der Waals surface area contributed by atoms with Crippen LogP contribution in [0.3, 0.4) is 0 Å². The number of carbonyl (C=O) groups excluding carboxylic acids is 1. The van der Waals surface area contributed by atoms with Crippen molar-refractivity contribution in [2.45, 2.75) is 12.3 Å². The van der Waals surface area contributed by atoms with Crippen molar-refractivity contribution in [3.05, 3.63) is 23.8 Å². The second-order valence-electron chi connectivity index (χ2n) is 4.17. The van der Waals surface area contributed by atoms with Gasteiger partial charge >= 0.3 is 0 Å². The molecular formula is C12H14F2N2O2. The van der Waals surface area contributed by atoms with Crippen LogP contribution in [0.5, 0.6) is 5.75 Å². The van der Waals surface area contributed by atoms with E-state index >= 15 is 0 Å². The largest absolute Gasteiger partial charge is 0.482 e. The third-order valence-corrected chi connectivity index (χ3v) is 2.93. The highest BCUT2D eigenvalue weighted by Gasteiger charge is 2.33. The molecular weight excluding hydrogens is 242 g/mol. The van der Waals surface area contributed by atoms with Gasteiger partial charge < -0.3 is 15.4 Å². The van der Waals surface area contributed by atoms with Gasteiger partial charge in [0.15, 0.2) is 6.61 Å². The first-order valence-electron chi connectivity index (χ1n) is 5.57. The minimum absolute atomic E-state index is 0.0674. The topological polar surface area (TPSA) is 55.6 Å². The Bertz CT molecular complexity index is 477. The summed E-state index contributed by atoms with van der Waals surface area (Å²) in [5.41, 5.74) is 5.38. The van der Waals surface area contributed by atoms with Gasteiger partial charge in [0.25, 0.3) is 11.8 Å². The molecule has 0 atom stereocenters. The molecule has 0 unspecified atom stereocenters. The number of carbonyl (C=O) groups is 1. The maximum atomic E-state index is 13.7. The zero-order valence-corrected chi connectivity index (χ0v) is 9.95. The number of fused-ring (bicyclic) bond motifs is 1. The highest BCUT2D eigenvalue weighted by molar-refractivity contribution is 5.97. The summed E-state index contributed by atoms with van der Waals surface area (Å²) in [5, 5.41) is 0. The summed E-state index contributed by atoms with van der Waals surface area (Å²) < 4.78 is 32.6. The lowest BCUT2D eigenvalue weighted by atomic mass is 10.0. The van der Waals surface area contributed by atoms with Crippen molar-refractivity contribution < 1.29 is 18.3 Å². The SMILES string of the molecule is CN1C(=O)COc2ccc(C(F)(F)CCN)cc21. The summed E-state index contributed by atoms with van der Waals surface area (Å²) in [7, 11) is 1.54. The molecule has 0 radical (unpaired) electrons. The maximum Gasteiger partial charge on any atom is 0.274 e. The van der Waals surface area contributed by atoms with Crippen LogP contribution in [0.2, 0.25) is 0 Å². The summed E-state index contributed by atoms with van der Waals surface area (Å²) in [6, 6.07) is 4.04. The molecule has 4 nitrogen and oxygen atoms in total. The molecule has 0 fully saturated rings. The Kier molecular flexibility index (Phi) is 3.21. The van der Waals surface area contributed by atoms with Crippen molar-refractivity contribution >= 4 is 11.6 Å². The molecule has 6 heteroatoms. The fourth-order valence-corrected chi connectivity index (χ4v) is 1.83. The van der Waals surface area contributed by atoms with Crippen LogP contribution in [-0.2, 0) is 10.7 Å². The second kappa shape index (κ2) is 4.53. The van der Waals surface area contributed by atoms with E-state index in [9.17, 15) is 13.6 Å². The van der Waals surface area contributed by atoms with Gasteiger partial charge in [-0.15, -0.1) is 0 Å². The van der Waals surface area contributed by atoms with Crippen LogP contribution >= 0.6 is 0 Å². The van der Waals surface area contributed by atoms with Gasteiger partial charge in [-0.05, 0) is 24.7 Å². The summed E-state index contributed by atoms with van der Waals surface area (Å²) in [6.07, 6.45) is -0.426. The first kappa shape index (κ1) is 12.8. The molecule has 1 aliphatic heterocycles. The monoisotopic (exact) mass is 256 g/mol. The fourth-order valence-electron chi connectivity index (χ4n) is 1.83. The smallest absolute Gasteiger partial charge is 0.274 e. The number of nitrogens with zero attached hydrogens (tertiary/aromatic N) is 1. The Morgan fingerprint density at radius 1 is 1.50 bits per heavy atom. The number of anilines is 1. The van der Waals surface area contributed by atoms with Crippen LogP contribution in [0.4, 0.5) is 14.5 Å². The maximum absolute atomic E-state index is 13.7. The van der Waals surface area contributed by atoms with E-state index in [1.54, 1.807) is 0 Å². The standard InChI is InChI=1S/C12H14F2N2O2/c1-16-9-6-8(12(13,14)4-5-15)2-3-10(9)18-7-11(16)17/h2-3,6H,4-5,7,15H2,1H3. The average Bonchev–Trinajstić information content (AvgIpc) is 2.33. The Labute approximate surface area is 103 Å². The number of hydrogen-bond donors (Lipinski definition) is 1.